The Morgan fingerprint density at radius 1 is 1.30 bits per heavy atom. The fraction of sp³-hybridized carbons (Fsp3) is 0.278. The molecule has 3 aromatic rings. The molecule has 0 aliphatic rings. The number of halogens is 1. The maximum atomic E-state index is 13.2. The molecule has 2 heterocycles. The molecule has 12 heteroatoms. The molecule has 9 nitrogen and oxygen atoms in total. The number of esters is 1. The van der Waals surface area contributed by atoms with E-state index in [0.717, 1.165) is 11.3 Å². The van der Waals surface area contributed by atoms with Gasteiger partial charge in [0.15, 0.2) is 15.8 Å². The number of rotatable bonds is 8. The highest BCUT2D eigenvalue weighted by atomic mass is 32.2. The first kappa shape index (κ1) is 21.7. The van der Waals surface area contributed by atoms with E-state index >= 15 is 0 Å². The van der Waals surface area contributed by atoms with Gasteiger partial charge >= 0.3 is 5.97 Å². The number of nitrogens with one attached hydrogen (secondary N) is 1. The third kappa shape index (κ3) is 5.13. The van der Waals surface area contributed by atoms with Crippen molar-refractivity contribution >= 4 is 40.1 Å². The second-order valence-electron chi connectivity index (χ2n) is 5.81. The van der Waals surface area contributed by atoms with Crippen LogP contribution in [0.15, 0.2) is 34.8 Å². The molecule has 1 aromatic carbocycles. The van der Waals surface area contributed by atoms with Crippen molar-refractivity contribution in [3.8, 4) is 11.4 Å². The Labute approximate surface area is 179 Å². The van der Waals surface area contributed by atoms with E-state index in [9.17, 15) is 14.0 Å². The van der Waals surface area contributed by atoms with Crippen molar-refractivity contribution in [3.05, 3.63) is 42.0 Å². The van der Waals surface area contributed by atoms with Crippen LogP contribution in [-0.4, -0.2) is 50.8 Å². The van der Waals surface area contributed by atoms with Crippen LogP contribution in [0.1, 0.15) is 24.3 Å². The van der Waals surface area contributed by atoms with Gasteiger partial charge in [0.05, 0.1) is 25.6 Å². The number of methoxy groups -OCH3 is 1. The zero-order valence-corrected chi connectivity index (χ0v) is 17.9. The number of carbonyl (C=O) groups is 2. The van der Waals surface area contributed by atoms with E-state index in [1.165, 1.54) is 47.8 Å². The molecule has 1 atom stereocenters. The minimum Gasteiger partial charge on any atom is -0.490 e. The summed E-state index contributed by atoms with van der Waals surface area (Å²) in [6.45, 7) is 3.81. The lowest BCUT2D eigenvalue weighted by molar-refractivity contribution is -0.139. The van der Waals surface area contributed by atoms with Crippen LogP contribution < -0.4 is 10.1 Å². The molecule has 0 spiro atoms. The van der Waals surface area contributed by atoms with Crippen LogP contribution in [-0.2, 0) is 9.53 Å². The Hall–Kier alpha value is -2.99. The zero-order chi connectivity index (χ0) is 21.7. The first-order chi connectivity index (χ1) is 14.4. The maximum Gasteiger partial charge on any atom is 0.318 e. The molecule has 3 rings (SSSR count). The van der Waals surface area contributed by atoms with Gasteiger partial charge < -0.3 is 9.47 Å². The molecular weight excluding hydrogens is 433 g/mol. The summed E-state index contributed by atoms with van der Waals surface area (Å²) in [5.41, 5.74) is 0.622. The molecule has 0 radical (unpaired) electrons. The molecule has 1 N–H and O–H groups in total. The Kier molecular flexibility index (Phi) is 7.00. The number of hydrogen-bond donors (Lipinski definition) is 1. The second-order valence-corrected chi connectivity index (χ2v) is 8.37. The van der Waals surface area contributed by atoms with Gasteiger partial charge in [-0.2, -0.15) is 5.10 Å². The Morgan fingerprint density at radius 2 is 2.03 bits per heavy atom. The van der Waals surface area contributed by atoms with Gasteiger partial charge in [-0.1, -0.05) is 23.1 Å². The van der Waals surface area contributed by atoms with Gasteiger partial charge in [-0.15, -0.1) is 10.2 Å². The van der Waals surface area contributed by atoms with E-state index < -0.39 is 11.2 Å². The molecule has 0 bridgehead atoms. The lowest BCUT2D eigenvalue weighted by Crippen LogP contribution is -2.14. The number of ether oxygens (including phenoxy) is 2. The average molecular weight is 452 g/mol. The van der Waals surface area contributed by atoms with Crippen LogP contribution in [0.4, 0.5) is 9.52 Å². The quantitative estimate of drug-likeness (QED) is 0.316. The molecule has 1 unspecified atom stereocenters. The maximum absolute atomic E-state index is 13.2. The average Bonchev–Trinajstić information content (AvgIpc) is 3.35. The van der Waals surface area contributed by atoms with Crippen molar-refractivity contribution in [2.75, 3.05) is 19.0 Å². The van der Waals surface area contributed by atoms with Crippen LogP contribution in [0.5, 0.6) is 5.75 Å². The summed E-state index contributed by atoms with van der Waals surface area (Å²) >= 11 is 2.30. The molecule has 0 fully saturated rings. The predicted molar refractivity (Wildman–Crippen MR) is 110 cm³/mol. The largest absolute Gasteiger partial charge is 0.490 e. The minimum atomic E-state index is -0.534. The molecule has 1 amide bonds. The van der Waals surface area contributed by atoms with Crippen molar-refractivity contribution in [3.63, 3.8) is 0 Å². The van der Waals surface area contributed by atoms with Gasteiger partial charge in [-0.25, -0.2) is 9.07 Å². The Morgan fingerprint density at radius 3 is 2.70 bits per heavy atom. The van der Waals surface area contributed by atoms with Crippen molar-refractivity contribution in [2.45, 2.75) is 23.4 Å². The number of nitrogens with zero attached hydrogens (tertiary/aromatic N) is 4. The monoisotopic (exact) mass is 451 g/mol. The summed E-state index contributed by atoms with van der Waals surface area (Å²) < 4.78 is 25.3. The third-order valence-electron chi connectivity index (χ3n) is 3.72. The molecule has 30 heavy (non-hydrogen) atoms. The second kappa shape index (κ2) is 9.67. The Balaban J connectivity index is 1.76. The van der Waals surface area contributed by atoms with Gasteiger partial charge in [-0.3, -0.25) is 14.9 Å². The fourth-order valence-electron chi connectivity index (χ4n) is 2.33. The number of anilines is 1. The number of thioether (sulfide) groups is 1. The first-order valence-electron chi connectivity index (χ1n) is 8.79. The first-order valence-corrected chi connectivity index (χ1v) is 10.5. The van der Waals surface area contributed by atoms with Gasteiger partial charge in [0.2, 0.25) is 5.13 Å². The standard InChI is InChI=1S/C18H18FN5O4S2/c1-4-28-13-9-24(12-7-5-11(19)6-8-12)23-14(13)15(25)20-17-21-22-18(30-17)29-10(2)16(26)27-3/h5-10H,4H2,1-3H3,(H,20,21,25). The number of hydrogen-bond acceptors (Lipinski definition) is 9. The van der Waals surface area contributed by atoms with Crippen LogP contribution >= 0.6 is 23.1 Å². The van der Waals surface area contributed by atoms with Crippen LogP contribution in [0.3, 0.4) is 0 Å². The summed E-state index contributed by atoms with van der Waals surface area (Å²) in [6.07, 6.45) is 1.55. The van der Waals surface area contributed by atoms with E-state index in [-0.39, 0.29) is 28.4 Å². The fourth-order valence-corrected chi connectivity index (χ4v) is 4.25. The van der Waals surface area contributed by atoms with Crippen molar-refractivity contribution < 1.29 is 23.5 Å². The van der Waals surface area contributed by atoms with Crippen LogP contribution in [0.25, 0.3) is 5.69 Å². The number of carbonyl (C=O) groups excluding carboxylic acids is 2. The summed E-state index contributed by atoms with van der Waals surface area (Å²) in [5.74, 6) is -1.01. The molecule has 0 aliphatic carbocycles. The van der Waals surface area contributed by atoms with Gasteiger partial charge in [0, 0.05) is 0 Å². The van der Waals surface area contributed by atoms with E-state index in [0.29, 0.717) is 16.6 Å². The van der Waals surface area contributed by atoms with E-state index in [4.69, 9.17) is 4.74 Å². The number of aromatic nitrogens is 4. The van der Waals surface area contributed by atoms with E-state index in [1.807, 2.05) is 0 Å². The van der Waals surface area contributed by atoms with Gasteiger partial charge in [0.25, 0.3) is 5.91 Å². The number of benzene rings is 1. The lowest BCUT2D eigenvalue weighted by atomic mass is 10.3. The molecule has 0 saturated heterocycles. The third-order valence-corrected chi connectivity index (χ3v) is 5.73. The summed E-state index contributed by atoms with van der Waals surface area (Å²) in [5, 5.41) is 14.6. The molecule has 2 aromatic heterocycles. The highest BCUT2D eigenvalue weighted by Gasteiger charge is 2.22. The van der Waals surface area contributed by atoms with Crippen LogP contribution in [0, 0.1) is 5.82 Å². The SMILES string of the molecule is CCOc1cn(-c2ccc(F)cc2)nc1C(=O)Nc1nnc(SC(C)C(=O)OC)s1. The molecular formula is C18H18FN5O4S2. The Bertz CT molecular complexity index is 1040. The smallest absolute Gasteiger partial charge is 0.318 e. The van der Waals surface area contributed by atoms with Gasteiger partial charge in [0.1, 0.15) is 11.1 Å². The summed E-state index contributed by atoms with van der Waals surface area (Å²) in [4.78, 5) is 24.2. The predicted octanol–water partition coefficient (Wildman–Crippen LogP) is 3.17. The molecule has 158 valence electrons. The highest BCUT2D eigenvalue weighted by molar-refractivity contribution is 8.02. The topological polar surface area (TPSA) is 108 Å². The number of amides is 1. The van der Waals surface area contributed by atoms with Crippen molar-refractivity contribution in [1.82, 2.24) is 20.0 Å². The molecule has 0 aliphatic heterocycles. The van der Waals surface area contributed by atoms with Crippen molar-refractivity contribution in [2.24, 2.45) is 0 Å². The molecule has 0 saturated carbocycles. The minimum absolute atomic E-state index is 0.0495. The van der Waals surface area contributed by atoms with Crippen molar-refractivity contribution in [1.29, 1.82) is 0 Å². The van der Waals surface area contributed by atoms with Gasteiger partial charge in [-0.05, 0) is 38.1 Å². The summed E-state index contributed by atoms with van der Waals surface area (Å²) in [6, 6.07) is 5.67. The zero-order valence-electron chi connectivity index (χ0n) is 16.3. The van der Waals surface area contributed by atoms with E-state index in [2.05, 4.69) is 25.3 Å². The highest BCUT2D eigenvalue weighted by Crippen LogP contribution is 2.30. The normalized spacial score (nSPS) is 11.7. The summed E-state index contributed by atoms with van der Waals surface area (Å²) in [7, 11) is 1.31. The lowest BCUT2D eigenvalue weighted by Gasteiger charge is -2.04. The van der Waals surface area contributed by atoms with Crippen LogP contribution in [0.2, 0.25) is 0 Å². The van der Waals surface area contributed by atoms with E-state index in [1.54, 1.807) is 20.0 Å².